The van der Waals surface area contributed by atoms with Crippen molar-refractivity contribution in [2.24, 2.45) is 5.92 Å². The average molecular weight is 268 g/mol. The Morgan fingerprint density at radius 3 is 2.30 bits per heavy atom. The Kier molecular flexibility index (Phi) is 6.19. The van der Waals surface area contributed by atoms with E-state index in [-0.39, 0.29) is 0 Å². The lowest BCUT2D eigenvalue weighted by atomic mass is 9.79. The van der Waals surface area contributed by atoms with Gasteiger partial charge >= 0.3 is 0 Å². The molecule has 1 aliphatic carbocycles. The SMILES string of the molecule is C#C[C@H]1CC[C@H](c2ccc(CCCCCC)cc2)CC1. The van der Waals surface area contributed by atoms with E-state index in [1.807, 2.05) is 0 Å². The molecule has 0 unspecified atom stereocenters. The van der Waals surface area contributed by atoms with Gasteiger partial charge in [-0.05, 0) is 55.6 Å². The van der Waals surface area contributed by atoms with Crippen LogP contribution in [0.3, 0.4) is 0 Å². The molecule has 0 bridgehead atoms. The summed E-state index contributed by atoms with van der Waals surface area (Å²) in [6, 6.07) is 9.40. The quantitative estimate of drug-likeness (QED) is 0.457. The molecule has 1 aliphatic rings. The highest BCUT2D eigenvalue weighted by atomic mass is 14.2. The molecule has 0 aromatic heterocycles. The van der Waals surface area contributed by atoms with Crippen molar-refractivity contribution in [3.63, 3.8) is 0 Å². The first-order valence-electron chi connectivity index (χ1n) is 8.38. The second-order valence-corrected chi connectivity index (χ2v) is 6.27. The van der Waals surface area contributed by atoms with Crippen LogP contribution in [-0.2, 0) is 6.42 Å². The third-order valence-corrected chi connectivity index (χ3v) is 4.73. The summed E-state index contributed by atoms with van der Waals surface area (Å²) in [5.74, 6) is 4.19. The van der Waals surface area contributed by atoms with Gasteiger partial charge in [0.2, 0.25) is 0 Å². The van der Waals surface area contributed by atoms with E-state index < -0.39 is 0 Å². The first-order valence-corrected chi connectivity index (χ1v) is 8.38. The van der Waals surface area contributed by atoms with Gasteiger partial charge < -0.3 is 0 Å². The lowest BCUT2D eigenvalue weighted by Gasteiger charge is -2.26. The third-order valence-electron chi connectivity index (χ3n) is 4.73. The van der Waals surface area contributed by atoms with E-state index in [1.165, 1.54) is 68.9 Å². The van der Waals surface area contributed by atoms with Crippen molar-refractivity contribution < 1.29 is 0 Å². The molecule has 0 N–H and O–H groups in total. The normalized spacial score (nSPS) is 22.4. The zero-order valence-corrected chi connectivity index (χ0v) is 12.9. The van der Waals surface area contributed by atoms with Crippen LogP contribution in [-0.4, -0.2) is 0 Å². The van der Waals surface area contributed by atoms with Crippen molar-refractivity contribution in [3.05, 3.63) is 35.4 Å². The Hall–Kier alpha value is -1.22. The molecular weight excluding hydrogens is 240 g/mol. The van der Waals surface area contributed by atoms with Gasteiger partial charge in [0.25, 0.3) is 0 Å². The maximum absolute atomic E-state index is 5.53. The van der Waals surface area contributed by atoms with Gasteiger partial charge in [-0.15, -0.1) is 12.3 Å². The summed E-state index contributed by atoms with van der Waals surface area (Å²) in [7, 11) is 0. The van der Waals surface area contributed by atoms with Crippen molar-refractivity contribution in [3.8, 4) is 12.3 Å². The molecular formula is C20H28. The summed E-state index contributed by atoms with van der Waals surface area (Å²) >= 11 is 0. The molecule has 0 spiro atoms. The van der Waals surface area contributed by atoms with E-state index >= 15 is 0 Å². The molecule has 20 heavy (non-hydrogen) atoms. The Bertz CT molecular complexity index is 412. The van der Waals surface area contributed by atoms with Crippen molar-refractivity contribution in [1.82, 2.24) is 0 Å². The summed E-state index contributed by atoms with van der Waals surface area (Å²) in [5, 5.41) is 0. The third kappa shape index (κ3) is 4.41. The Morgan fingerprint density at radius 1 is 1.00 bits per heavy atom. The minimum atomic E-state index is 0.532. The second-order valence-electron chi connectivity index (χ2n) is 6.27. The number of terminal acetylenes is 1. The van der Waals surface area contributed by atoms with Crippen LogP contribution in [0.4, 0.5) is 0 Å². The van der Waals surface area contributed by atoms with E-state index in [4.69, 9.17) is 6.42 Å². The highest BCUT2D eigenvalue weighted by molar-refractivity contribution is 5.26. The molecule has 2 rings (SSSR count). The predicted molar refractivity (Wildman–Crippen MR) is 87.8 cm³/mol. The van der Waals surface area contributed by atoms with Gasteiger partial charge in [0.15, 0.2) is 0 Å². The Morgan fingerprint density at radius 2 is 1.70 bits per heavy atom. The lowest BCUT2D eigenvalue weighted by Crippen LogP contribution is -2.11. The number of rotatable bonds is 6. The smallest absolute Gasteiger partial charge is 0.0200 e. The maximum atomic E-state index is 5.53. The standard InChI is InChI=1S/C20H28/c1-3-5-6-7-8-18-11-15-20(16-12-18)19-13-9-17(4-2)10-14-19/h2,11-12,15-17,19H,3,5-10,13-14H2,1H3/t17-,19-. The monoisotopic (exact) mass is 268 g/mol. The molecule has 1 saturated carbocycles. The minimum absolute atomic E-state index is 0.532. The van der Waals surface area contributed by atoms with Crippen LogP contribution >= 0.6 is 0 Å². The van der Waals surface area contributed by atoms with Crippen LogP contribution in [0.2, 0.25) is 0 Å². The van der Waals surface area contributed by atoms with Gasteiger partial charge in [0.05, 0.1) is 0 Å². The van der Waals surface area contributed by atoms with E-state index in [1.54, 1.807) is 0 Å². The van der Waals surface area contributed by atoms with Crippen LogP contribution in [0.1, 0.15) is 75.3 Å². The summed E-state index contributed by atoms with van der Waals surface area (Å²) in [4.78, 5) is 0. The molecule has 0 nitrogen and oxygen atoms in total. The molecule has 0 heteroatoms. The maximum Gasteiger partial charge on any atom is 0.0200 e. The van der Waals surface area contributed by atoms with Crippen molar-refractivity contribution in [1.29, 1.82) is 0 Å². The number of aryl methyl sites for hydroxylation is 1. The second kappa shape index (κ2) is 8.15. The average Bonchev–Trinajstić information content (AvgIpc) is 2.52. The molecule has 0 amide bonds. The fraction of sp³-hybridized carbons (Fsp3) is 0.600. The van der Waals surface area contributed by atoms with Crippen molar-refractivity contribution in [2.75, 3.05) is 0 Å². The fourth-order valence-electron chi connectivity index (χ4n) is 3.31. The first kappa shape index (κ1) is 15.2. The summed E-state index contributed by atoms with van der Waals surface area (Å²) in [6.45, 7) is 2.27. The molecule has 1 fully saturated rings. The highest BCUT2D eigenvalue weighted by Gasteiger charge is 2.20. The van der Waals surface area contributed by atoms with E-state index in [0.717, 1.165) is 5.92 Å². The molecule has 1 aromatic rings. The predicted octanol–water partition coefficient (Wildman–Crippen LogP) is 5.72. The Balaban J connectivity index is 1.81. The first-order chi connectivity index (χ1) is 9.83. The number of hydrogen-bond acceptors (Lipinski definition) is 0. The van der Waals surface area contributed by atoms with Gasteiger partial charge in [0, 0.05) is 5.92 Å². The van der Waals surface area contributed by atoms with Crippen LogP contribution < -0.4 is 0 Å². The molecule has 0 radical (unpaired) electrons. The number of hydrogen-bond donors (Lipinski definition) is 0. The van der Waals surface area contributed by atoms with E-state index in [0.29, 0.717) is 5.92 Å². The van der Waals surface area contributed by atoms with Crippen molar-refractivity contribution >= 4 is 0 Å². The zero-order valence-electron chi connectivity index (χ0n) is 12.9. The fourth-order valence-corrected chi connectivity index (χ4v) is 3.31. The molecule has 108 valence electrons. The number of benzene rings is 1. The molecule has 0 saturated heterocycles. The van der Waals surface area contributed by atoms with E-state index in [9.17, 15) is 0 Å². The molecule has 0 heterocycles. The van der Waals surface area contributed by atoms with Gasteiger partial charge in [-0.2, -0.15) is 0 Å². The topological polar surface area (TPSA) is 0 Å². The van der Waals surface area contributed by atoms with Crippen molar-refractivity contribution in [2.45, 2.75) is 70.6 Å². The minimum Gasteiger partial charge on any atom is -0.120 e. The number of unbranched alkanes of at least 4 members (excludes halogenated alkanes) is 3. The highest BCUT2D eigenvalue weighted by Crippen LogP contribution is 2.35. The summed E-state index contributed by atoms with van der Waals surface area (Å²) in [6.07, 6.45) is 17.1. The molecule has 1 aromatic carbocycles. The largest absolute Gasteiger partial charge is 0.120 e. The van der Waals surface area contributed by atoms with Crippen LogP contribution in [0.15, 0.2) is 24.3 Å². The molecule has 0 atom stereocenters. The van der Waals surface area contributed by atoms with Crippen LogP contribution in [0.25, 0.3) is 0 Å². The van der Waals surface area contributed by atoms with Gasteiger partial charge in [0.1, 0.15) is 0 Å². The van der Waals surface area contributed by atoms with Gasteiger partial charge in [-0.25, -0.2) is 0 Å². The Labute approximate surface area is 125 Å². The lowest BCUT2D eigenvalue weighted by molar-refractivity contribution is 0.385. The van der Waals surface area contributed by atoms with Crippen LogP contribution in [0.5, 0.6) is 0 Å². The van der Waals surface area contributed by atoms with Gasteiger partial charge in [-0.1, -0.05) is 50.5 Å². The van der Waals surface area contributed by atoms with Crippen LogP contribution in [0, 0.1) is 18.3 Å². The zero-order chi connectivity index (χ0) is 14.2. The summed E-state index contributed by atoms with van der Waals surface area (Å²) < 4.78 is 0. The van der Waals surface area contributed by atoms with E-state index in [2.05, 4.69) is 37.1 Å². The molecule has 0 aliphatic heterocycles. The summed E-state index contributed by atoms with van der Waals surface area (Å²) in [5.41, 5.74) is 3.03. The van der Waals surface area contributed by atoms with Gasteiger partial charge in [-0.3, -0.25) is 0 Å².